The van der Waals surface area contributed by atoms with Gasteiger partial charge in [-0.3, -0.25) is 9.12 Å². The second kappa shape index (κ2) is 8.28. The highest BCUT2D eigenvalue weighted by Crippen LogP contribution is 2.46. The van der Waals surface area contributed by atoms with E-state index in [9.17, 15) is 31.7 Å². The van der Waals surface area contributed by atoms with Gasteiger partial charge in [0.25, 0.3) is 10.1 Å². The summed E-state index contributed by atoms with van der Waals surface area (Å²) < 4.78 is 62.2. The van der Waals surface area contributed by atoms with Crippen molar-refractivity contribution in [2.75, 3.05) is 0 Å². The van der Waals surface area contributed by atoms with Crippen LogP contribution < -0.4 is 4.74 Å². The lowest BCUT2D eigenvalue weighted by atomic mass is 10.1. The molecule has 142 valence electrons. The topological polar surface area (TPSA) is 121 Å². The van der Waals surface area contributed by atoms with Crippen molar-refractivity contribution >= 4 is 17.7 Å². The third-order valence-electron chi connectivity index (χ3n) is 3.61. The summed E-state index contributed by atoms with van der Waals surface area (Å²) in [5.74, 6) is -0.296. The number of benzene rings is 2. The normalized spacial score (nSPS) is 14.6. The van der Waals surface area contributed by atoms with Crippen LogP contribution in [-0.2, 0) is 21.1 Å². The molecule has 0 aromatic heterocycles. The molecule has 0 amide bonds. The molecule has 0 saturated heterocycles. The highest BCUT2D eigenvalue weighted by Gasteiger charge is 2.42. The van der Waals surface area contributed by atoms with E-state index >= 15 is 0 Å². The standard InChI is InChI=1S/C16H18FO7PS/c17-13-6-8-14(9-7-13)24-15(10-12-4-2-1-3-5-12)11-16(25(18,19)20)26(21,22)23/h1-9,15-16H,10-11H2,(H2,18,19,20)(H,21,22,23). The molecule has 2 unspecified atom stereocenters. The van der Waals surface area contributed by atoms with E-state index in [2.05, 4.69) is 0 Å². The van der Waals surface area contributed by atoms with E-state index in [0.717, 1.165) is 17.7 Å². The Morgan fingerprint density at radius 3 is 2.12 bits per heavy atom. The molecule has 0 radical (unpaired) electrons. The molecule has 3 N–H and O–H groups in total. The zero-order chi connectivity index (χ0) is 19.4. The quantitative estimate of drug-likeness (QED) is 0.457. The highest BCUT2D eigenvalue weighted by atomic mass is 32.2. The van der Waals surface area contributed by atoms with Crippen molar-refractivity contribution < 1.29 is 36.4 Å². The second-order valence-corrected chi connectivity index (χ2v) is 9.43. The lowest BCUT2D eigenvalue weighted by molar-refractivity contribution is 0.190. The van der Waals surface area contributed by atoms with Gasteiger partial charge in [0.2, 0.25) is 0 Å². The molecule has 0 heterocycles. The van der Waals surface area contributed by atoms with Crippen LogP contribution in [0.5, 0.6) is 5.75 Å². The Bertz CT molecular complexity index is 865. The molecule has 0 fully saturated rings. The number of rotatable bonds is 8. The first-order chi connectivity index (χ1) is 12.1. The fourth-order valence-electron chi connectivity index (χ4n) is 2.41. The zero-order valence-electron chi connectivity index (χ0n) is 13.5. The minimum absolute atomic E-state index is 0.129. The fraction of sp³-hybridized carbons (Fsp3) is 0.250. The Labute approximate surface area is 150 Å². The van der Waals surface area contributed by atoms with Crippen LogP contribution in [0.4, 0.5) is 4.39 Å². The Morgan fingerprint density at radius 2 is 1.62 bits per heavy atom. The summed E-state index contributed by atoms with van der Waals surface area (Å²) in [5, 5.41) is 0. The van der Waals surface area contributed by atoms with Crippen LogP contribution in [0.15, 0.2) is 54.6 Å². The molecule has 2 atom stereocenters. The van der Waals surface area contributed by atoms with Crippen molar-refractivity contribution in [3.05, 3.63) is 66.0 Å². The van der Waals surface area contributed by atoms with Crippen LogP contribution in [-0.4, -0.2) is 33.9 Å². The van der Waals surface area contributed by atoms with E-state index in [4.69, 9.17) is 4.74 Å². The Hall–Kier alpha value is -1.77. The summed E-state index contributed by atoms with van der Waals surface area (Å²) in [6.45, 7) is 0. The van der Waals surface area contributed by atoms with E-state index in [1.165, 1.54) is 12.1 Å². The van der Waals surface area contributed by atoms with Crippen LogP contribution in [0.3, 0.4) is 0 Å². The van der Waals surface area contributed by atoms with Gasteiger partial charge >= 0.3 is 7.60 Å². The van der Waals surface area contributed by atoms with Gasteiger partial charge in [0, 0.05) is 12.8 Å². The zero-order valence-corrected chi connectivity index (χ0v) is 15.2. The second-order valence-electron chi connectivity index (χ2n) is 5.68. The number of hydrogen-bond donors (Lipinski definition) is 3. The number of halogens is 1. The van der Waals surface area contributed by atoms with Crippen molar-refractivity contribution in [3.63, 3.8) is 0 Å². The average Bonchev–Trinajstić information content (AvgIpc) is 2.53. The van der Waals surface area contributed by atoms with Crippen molar-refractivity contribution in [3.8, 4) is 5.75 Å². The smallest absolute Gasteiger partial charge is 0.346 e. The van der Waals surface area contributed by atoms with E-state index in [0.29, 0.717) is 0 Å². The van der Waals surface area contributed by atoms with Crippen LogP contribution in [0.1, 0.15) is 12.0 Å². The number of ether oxygens (including phenoxy) is 1. The summed E-state index contributed by atoms with van der Waals surface area (Å²) in [5.41, 5.74) is 0.736. The van der Waals surface area contributed by atoms with Gasteiger partial charge in [0.05, 0.1) is 0 Å². The molecular weight excluding hydrogens is 386 g/mol. The molecule has 0 aliphatic rings. The Morgan fingerprint density at radius 1 is 1.04 bits per heavy atom. The highest BCUT2D eigenvalue weighted by molar-refractivity contribution is 7.93. The average molecular weight is 404 g/mol. The van der Waals surface area contributed by atoms with Crippen LogP contribution in [0.2, 0.25) is 0 Å². The molecule has 10 heteroatoms. The molecule has 2 aromatic rings. The van der Waals surface area contributed by atoms with Gasteiger partial charge in [-0.2, -0.15) is 8.42 Å². The van der Waals surface area contributed by atoms with Crippen molar-refractivity contribution in [1.29, 1.82) is 0 Å². The minimum Gasteiger partial charge on any atom is -0.490 e. The molecule has 0 bridgehead atoms. The minimum atomic E-state index is -5.15. The molecule has 7 nitrogen and oxygen atoms in total. The first-order valence-corrected chi connectivity index (χ1v) is 10.7. The summed E-state index contributed by atoms with van der Waals surface area (Å²) in [4.78, 5) is 16.3. The fourth-order valence-corrected chi connectivity index (χ4v) is 4.77. The van der Waals surface area contributed by atoms with Crippen LogP contribution in [0.25, 0.3) is 0 Å². The predicted octanol–water partition coefficient (Wildman–Crippen LogP) is 2.60. The summed E-state index contributed by atoms with van der Waals surface area (Å²) in [7, 11) is -10.2. The van der Waals surface area contributed by atoms with E-state index in [1.54, 1.807) is 30.3 Å². The monoisotopic (exact) mass is 404 g/mol. The Kier molecular flexibility index (Phi) is 6.54. The van der Waals surface area contributed by atoms with Gasteiger partial charge in [-0.05, 0) is 29.8 Å². The van der Waals surface area contributed by atoms with Crippen molar-refractivity contribution in [2.24, 2.45) is 0 Å². The molecule has 26 heavy (non-hydrogen) atoms. The van der Waals surface area contributed by atoms with E-state index in [-0.39, 0.29) is 12.2 Å². The van der Waals surface area contributed by atoms with E-state index in [1.807, 2.05) is 0 Å². The number of hydrogen-bond acceptors (Lipinski definition) is 4. The van der Waals surface area contributed by atoms with E-state index < -0.39 is 41.0 Å². The lowest BCUT2D eigenvalue weighted by Gasteiger charge is -2.24. The van der Waals surface area contributed by atoms with Crippen molar-refractivity contribution in [2.45, 2.75) is 23.9 Å². The van der Waals surface area contributed by atoms with Crippen LogP contribution >= 0.6 is 7.60 Å². The van der Waals surface area contributed by atoms with Gasteiger partial charge in [-0.25, -0.2) is 4.39 Å². The molecule has 0 saturated carbocycles. The molecule has 0 spiro atoms. The van der Waals surface area contributed by atoms with Gasteiger partial charge in [0.15, 0.2) is 4.99 Å². The molecule has 2 rings (SSSR count). The Balaban J connectivity index is 2.29. The maximum Gasteiger partial charge on any atom is 0.346 e. The third kappa shape index (κ3) is 6.19. The maximum absolute atomic E-state index is 13.0. The van der Waals surface area contributed by atoms with Gasteiger partial charge < -0.3 is 14.5 Å². The molecule has 2 aromatic carbocycles. The lowest BCUT2D eigenvalue weighted by Crippen LogP contribution is -2.30. The maximum atomic E-state index is 13.0. The predicted molar refractivity (Wildman–Crippen MR) is 93.0 cm³/mol. The summed E-state index contributed by atoms with van der Waals surface area (Å²) in [6, 6.07) is 13.6. The van der Waals surface area contributed by atoms with Crippen LogP contribution in [0, 0.1) is 5.82 Å². The summed E-state index contributed by atoms with van der Waals surface area (Å²) in [6.07, 6.45) is -1.50. The third-order valence-corrected chi connectivity index (χ3v) is 7.07. The molecule has 0 aliphatic carbocycles. The molecular formula is C16H18FO7PS. The SMILES string of the molecule is O=P(O)(O)C(CC(Cc1ccccc1)Oc1ccc(F)cc1)S(=O)(=O)O. The van der Waals surface area contributed by atoms with Crippen molar-refractivity contribution in [1.82, 2.24) is 0 Å². The largest absolute Gasteiger partial charge is 0.490 e. The molecule has 0 aliphatic heterocycles. The summed E-state index contributed by atoms with van der Waals surface area (Å²) >= 11 is 0. The first kappa shape index (κ1) is 20.5. The van der Waals surface area contributed by atoms with Gasteiger partial charge in [0.1, 0.15) is 17.7 Å². The van der Waals surface area contributed by atoms with Gasteiger partial charge in [-0.1, -0.05) is 30.3 Å². The first-order valence-electron chi connectivity index (χ1n) is 7.53. The van der Waals surface area contributed by atoms with Gasteiger partial charge in [-0.15, -0.1) is 0 Å².